The van der Waals surface area contributed by atoms with E-state index in [-0.39, 0.29) is 34.9 Å². The van der Waals surface area contributed by atoms with E-state index >= 15 is 0 Å². The Hall–Kier alpha value is -3.43. The number of anilines is 1. The number of hydrogen-bond acceptors (Lipinski definition) is 5. The summed E-state index contributed by atoms with van der Waals surface area (Å²) >= 11 is 6.02. The summed E-state index contributed by atoms with van der Waals surface area (Å²) in [6.07, 6.45) is 4.84. The van der Waals surface area contributed by atoms with Crippen molar-refractivity contribution in [1.82, 2.24) is 14.8 Å². The summed E-state index contributed by atoms with van der Waals surface area (Å²) in [7, 11) is -3.91. The van der Waals surface area contributed by atoms with E-state index in [2.05, 4.69) is 4.98 Å². The molecule has 0 spiro atoms. The van der Waals surface area contributed by atoms with Gasteiger partial charge in [-0.05, 0) is 67.6 Å². The molecule has 0 unspecified atom stereocenters. The molecule has 5 rings (SSSR count). The largest absolute Gasteiger partial charge is 0.342 e. The van der Waals surface area contributed by atoms with Gasteiger partial charge in [-0.25, -0.2) is 13.4 Å². The maximum atomic E-state index is 13.6. The van der Waals surface area contributed by atoms with Crippen LogP contribution in [0.3, 0.4) is 0 Å². The molecule has 2 saturated heterocycles. The molecule has 0 N–H and O–H groups in total. The van der Waals surface area contributed by atoms with Crippen molar-refractivity contribution in [2.75, 3.05) is 30.5 Å². The van der Waals surface area contributed by atoms with Gasteiger partial charge in [0, 0.05) is 37.1 Å². The van der Waals surface area contributed by atoms with Gasteiger partial charge in [0.15, 0.2) is 0 Å². The smallest absolute Gasteiger partial charge is 0.272 e. The molecule has 1 aromatic heterocycles. The number of sulfonamides is 1. The molecule has 2 aliphatic heterocycles. The molecule has 10 heteroatoms. The van der Waals surface area contributed by atoms with Crippen LogP contribution in [-0.4, -0.2) is 61.2 Å². The fourth-order valence-electron chi connectivity index (χ4n) is 5.14. The van der Waals surface area contributed by atoms with E-state index < -0.39 is 10.0 Å². The van der Waals surface area contributed by atoms with E-state index in [4.69, 9.17) is 11.6 Å². The molecule has 8 nitrogen and oxygen atoms in total. The molecule has 2 aliphatic rings. The summed E-state index contributed by atoms with van der Waals surface area (Å²) in [4.78, 5) is 34.1. The zero-order valence-electron chi connectivity index (χ0n) is 21.6. The van der Waals surface area contributed by atoms with Gasteiger partial charge in [-0.15, -0.1) is 0 Å². The SMILES string of the molecule is O=C(c1ccc(N(Cc2ccc(Cl)cc2)S(=O)(=O)c2ccccc2)cn1)N1CCC(C(=O)N2CCCC2)CC1. The summed E-state index contributed by atoms with van der Waals surface area (Å²) in [5, 5.41) is 0.560. The minimum absolute atomic E-state index is 0.0351. The Kier molecular flexibility index (Phi) is 8.18. The number of aromatic nitrogens is 1. The number of halogens is 1. The highest BCUT2D eigenvalue weighted by atomic mass is 35.5. The second kappa shape index (κ2) is 11.8. The van der Waals surface area contributed by atoms with Crippen LogP contribution in [-0.2, 0) is 21.4 Å². The predicted molar refractivity (Wildman–Crippen MR) is 150 cm³/mol. The van der Waals surface area contributed by atoms with Gasteiger partial charge in [-0.1, -0.05) is 41.9 Å². The van der Waals surface area contributed by atoms with Crippen LogP contribution in [0.2, 0.25) is 5.02 Å². The minimum atomic E-state index is -3.91. The zero-order chi connectivity index (χ0) is 27.4. The van der Waals surface area contributed by atoms with E-state index in [1.54, 1.807) is 71.6 Å². The van der Waals surface area contributed by atoms with Gasteiger partial charge in [-0.2, -0.15) is 0 Å². The topological polar surface area (TPSA) is 90.9 Å². The van der Waals surface area contributed by atoms with Crippen molar-refractivity contribution in [3.63, 3.8) is 0 Å². The molecule has 2 aromatic carbocycles. The number of nitrogens with zero attached hydrogens (tertiary/aromatic N) is 4. The number of likely N-dealkylation sites (tertiary alicyclic amines) is 2. The molecule has 0 bridgehead atoms. The number of pyridine rings is 1. The average molecular weight is 567 g/mol. The lowest BCUT2D eigenvalue weighted by Crippen LogP contribution is -2.44. The molecule has 204 valence electrons. The Morgan fingerprint density at radius 2 is 1.54 bits per heavy atom. The van der Waals surface area contributed by atoms with Crippen LogP contribution in [0.25, 0.3) is 0 Å². The third-order valence-electron chi connectivity index (χ3n) is 7.37. The number of carbonyl (C=O) groups is 2. The highest BCUT2D eigenvalue weighted by molar-refractivity contribution is 7.92. The number of amides is 2. The van der Waals surface area contributed by atoms with Crippen LogP contribution in [0.15, 0.2) is 77.8 Å². The Morgan fingerprint density at radius 3 is 2.15 bits per heavy atom. The molecule has 39 heavy (non-hydrogen) atoms. The van der Waals surface area contributed by atoms with Crippen molar-refractivity contribution >= 4 is 39.1 Å². The second-order valence-corrected chi connectivity index (χ2v) is 12.3. The average Bonchev–Trinajstić information content (AvgIpc) is 3.52. The maximum absolute atomic E-state index is 13.6. The third kappa shape index (κ3) is 6.09. The standard InChI is InChI=1S/C29H31ClN4O4S/c30-24-10-8-22(9-11-24)21-34(39(37,38)26-6-2-1-3-7-26)25-12-13-27(31-20-25)29(36)33-18-14-23(15-19-33)28(35)32-16-4-5-17-32/h1-3,6-13,20,23H,4-5,14-19,21H2. The van der Waals surface area contributed by atoms with Crippen molar-refractivity contribution in [3.05, 3.63) is 89.2 Å². The van der Waals surface area contributed by atoms with Crippen molar-refractivity contribution in [1.29, 1.82) is 0 Å². The molecule has 2 fully saturated rings. The van der Waals surface area contributed by atoms with Crippen LogP contribution in [0.4, 0.5) is 5.69 Å². The van der Waals surface area contributed by atoms with Crippen molar-refractivity contribution < 1.29 is 18.0 Å². The van der Waals surface area contributed by atoms with E-state index in [1.807, 2.05) is 4.90 Å². The Morgan fingerprint density at radius 1 is 0.872 bits per heavy atom. The van der Waals surface area contributed by atoms with E-state index in [9.17, 15) is 18.0 Å². The predicted octanol–water partition coefficient (Wildman–Crippen LogP) is 4.61. The first-order valence-corrected chi connectivity index (χ1v) is 15.0. The first kappa shape index (κ1) is 27.1. The summed E-state index contributed by atoms with van der Waals surface area (Å²) < 4.78 is 28.5. The van der Waals surface area contributed by atoms with Crippen molar-refractivity contribution in [2.45, 2.75) is 37.1 Å². The van der Waals surface area contributed by atoms with Crippen LogP contribution in [0, 0.1) is 5.92 Å². The first-order chi connectivity index (χ1) is 18.8. The van der Waals surface area contributed by atoms with Gasteiger partial charge in [0.05, 0.1) is 23.3 Å². The van der Waals surface area contributed by atoms with Crippen molar-refractivity contribution in [3.8, 4) is 0 Å². The molecular formula is C29H31ClN4O4S. The molecule has 0 aliphatic carbocycles. The normalized spacial score (nSPS) is 16.3. The molecule has 2 amide bonds. The highest BCUT2D eigenvalue weighted by Crippen LogP contribution is 2.27. The number of piperidine rings is 1. The van der Waals surface area contributed by atoms with Crippen molar-refractivity contribution in [2.24, 2.45) is 5.92 Å². The molecule has 3 heterocycles. The van der Waals surface area contributed by atoms with Gasteiger partial charge in [-0.3, -0.25) is 13.9 Å². The number of carbonyl (C=O) groups excluding carboxylic acids is 2. The number of benzene rings is 2. The third-order valence-corrected chi connectivity index (χ3v) is 9.41. The van der Waals surface area contributed by atoms with Gasteiger partial charge in [0.1, 0.15) is 5.69 Å². The summed E-state index contributed by atoms with van der Waals surface area (Å²) in [6.45, 7) is 2.74. The number of rotatable bonds is 7. The van der Waals surface area contributed by atoms with Gasteiger partial charge in [0.25, 0.3) is 15.9 Å². The second-order valence-electron chi connectivity index (χ2n) is 9.95. The molecular weight excluding hydrogens is 536 g/mol. The summed E-state index contributed by atoms with van der Waals surface area (Å²) in [5.74, 6) is -0.0432. The molecule has 0 atom stereocenters. The quantitative estimate of drug-likeness (QED) is 0.417. The van der Waals surface area contributed by atoms with Crippen LogP contribution < -0.4 is 4.31 Å². The zero-order valence-corrected chi connectivity index (χ0v) is 23.2. The molecule has 0 saturated carbocycles. The lowest BCUT2D eigenvalue weighted by Gasteiger charge is -2.33. The van der Waals surface area contributed by atoms with E-state index in [1.165, 1.54) is 10.5 Å². The van der Waals surface area contributed by atoms with E-state index in [0.29, 0.717) is 36.6 Å². The first-order valence-electron chi connectivity index (χ1n) is 13.2. The Bertz CT molecular complexity index is 1400. The van der Waals surface area contributed by atoms with E-state index in [0.717, 1.165) is 31.5 Å². The number of hydrogen-bond donors (Lipinski definition) is 0. The lowest BCUT2D eigenvalue weighted by molar-refractivity contribution is -0.135. The summed E-state index contributed by atoms with van der Waals surface area (Å²) in [6, 6.07) is 18.4. The van der Waals surface area contributed by atoms with Gasteiger partial charge < -0.3 is 9.80 Å². The fourth-order valence-corrected chi connectivity index (χ4v) is 6.72. The van der Waals surface area contributed by atoms with Gasteiger partial charge >= 0.3 is 0 Å². The summed E-state index contributed by atoms with van der Waals surface area (Å²) in [5.41, 5.74) is 1.34. The Balaban J connectivity index is 1.32. The van der Waals surface area contributed by atoms with Crippen LogP contribution in [0.5, 0.6) is 0 Å². The highest BCUT2D eigenvalue weighted by Gasteiger charge is 2.32. The minimum Gasteiger partial charge on any atom is -0.342 e. The lowest BCUT2D eigenvalue weighted by atomic mass is 9.95. The fraction of sp³-hybridized carbons (Fsp3) is 0.345. The monoisotopic (exact) mass is 566 g/mol. The van der Waals surface area contributed by atoms with Gasteiger partial charge in [0.2, 0.25) is 5.91 Å². The van der Waals surface area contributed by atoms with Crippen LogP contribution >= 0.6 is 11.6 Å². The van der Waals surface area contributed by atoms with Crippen LogP contribution in [0.1, 0.15) is 41.7 Å². The Labute approximate surface area is 234 Å². The molecule has 3 aromatic rings. The maximum Gasteiger partial charge on any atom is 0.272 e. The molecule has 0 radical (unpaired) electrons.